The maximum atomic E-state index is 5.27. The van der Waals surface area contributed by atoms with Crippen molar-refractivity contribution in [3.8, 4) is 5.75 Å². The van der Waals surface area contributed by atoms with E-state index in [9.17, 15) is 0 Å². The molecule has 2 N–H and O–H groups in total. The Balaban J connectivity index is 1.53. The minimum atomic E-state index is 0.238. The minimum Gasteiger partial charge on any atom is -0.497 e. The van der Waals surface area contributed by atoms with E-state index in [4.69, 9.17) is 9.84 Å². The number of ether oxygens (including phenoxy) is 1. The average molecular weight is 331 g/mol. The Morgan fingerprint density at radius 1 is 1.12 bits per heavy atom. The summed E-state index contributed by atoms with van der Waals surface area (Å²) in [6, 6.07) is 15.2. The number of aromatic amines is 1. The van der Waals surface area contributed by atoms with Crippen molar-refractivity contribution in [3.63, 3.8) is 0 Å². The van der Waals surface area contributed by atoms with Gasteiger partial charge in [0.25, 0.3) is 0 Å². The first-order chi connectivity index (χ1) is 12.2. The molecule has 3 aromatic rings. The Morgan fingerprint density at radius 2 is 1.96 bits per heavy atom. The number of hydrazone groups is 1. The van der Waals surface area contributed by atoms with E-state index in [0.29, 0.717) is 5.92 Å². The van der Waals surface area contributed by atoms with E-state index in [1.165, 1.54) is 39.0 Å². The van der Waals surface area contributed by atoms with Crippen molar-refractivity contribution < 1.29 is 4.74 Å². The van der Waals surface area contributed by atoms with Crippen molar-refractivity contribution in [2.45, 2.75) is 25.8 Å². The molecule has 126 valence electrons. The van der Waals surface area contributed by atoms with E-state index in [1.54, 1.807) is 7.11 Å². The molecule has 0 saturated carbocycles. The molecule has 1 aromatic heterocycles. The van der Waals surface area contributed by atoms with Crippen molar-refractivity contribution in [1.82, 2.24) is 10.4 Å². The topological polar surface area (TPSA) is 49.4 Å². The maximum Gasteiger partial charge on any atom is 0.118 e. The molecular formula is C21H21N3O. The third kappa shape index (κ3) is 2.17. The van der Waals surface area contributed by atoms with E-state index < -0.39 is 0 Å². The highest BCUT2D eigenvalue weighted by atomic mass is 16.5. The number of nitrogens with zero attached hydrogens (tertiary/aromatic N) is 1. The number of aryl methyl sites for hydroxylation is 2. The molecule has 0 fully saturated rings. The lowest BCUT2D eigenvalue weighted by Gasteiger charge is -2.25. The van der Waals surface area contributed by atoms with Crippen molar-refractivity contribution in [1.29, 1.82) is 0 Å². The Bertz CT molecular complexity index is 984. The molecule has 4 heteroatoms. The predicted octanol–water partition coefficient (Wildman–Crippen LogP) is 4.10. The van der Waals surface area contributed by atoms with Gasteiger partial charge < -0.3 is 15.1 Å². The zero-order chi connectivity index (χ0) is 17.0. The standard InChI is InChI=1S/C21H21N3O/c1-12-3-10-18-17(11-12)15-8-9-16-19(23-24-21(16)20(15)22-18)13-4-6-14(25-2)7-5-13/h3-7,10-11,16,19,22-23H,8-9H2,1-2H3/t16-,19-/m1/s1. The molecule has 2 aliphatic rings. The molecule has 0 radical (unpaired) electrons. The lowest BCUT2D eigenvalue weighted by atomic mass is 9.79. The van der Waals surface area contributed by atoms with Gasteiger partial charge in [-0.3, -0.25) is 0 Å². The number of nitrogens with one attached hydrogen (secondary N) is 2. The molecule has 4 nitrogen and oxygen atoms in total. The third-order valence-corrected chi connectivity index (χ3v) is 5.58. The molecule has 0 saturated heterocycles. The van der Waals surface area contributed by atoms with Gasteiger partial charge in [-0.1, -0.05) is 23.8 Å². The van der Waals surface area contributed by atoms with Crippen LogP contribution in [0.1, 0.15) is 34.8 Å². The van der Waals surface area contributed by atoms with Gasteiger partial charge in [0.1, 0.15) is 5.75 Å². The average Bonchev–Trinajstić information content (AvgIpc) is 3.22. The molecule has 1 aliphatic heterocycles. The van der Waals surface area contributed by atoms with Crippen LogP contribution in [-0.4, -0.2) is 17.8 Å². The number of aromatic nitrogens is 1. The lowest BCUT2D eigenvalue weighted by Crippen LogP contribution is -2.26. The van der Waals surface area contributed by atoms with Gasteiger partial charge in [-0.05, 0) is 55.2 Å². The van der Waals surface area contributed by atoms with Gasteiger partial charge in [0, 0.05) is 16.8 Å². The summed E-state index contributed by atoms with van der Waals surface area (Å²) in [5.74, 6) is 1.30. The fourth-order valence-corrected chi connectivity index (χ4v) is 4.27. The van der Waals surface area contributed by atoms with Crippen LogP contribution >= 0.6 is 0 Å². The summed E-state index contributed by atoms with van der Waals surface area (Å²) in [6.07, 6.45) is 2.22. The molecule has 0 spiro atoms. The minimum absolute atomic E-state index is 0.238. The number of benzene rings is 2. The van der Waals surface area contributed by atoms with Gasteiger partial charge >= 0.3 is 0 Å². The molecule has 0 unspecified atom stereocenters. The van der Waals surface area contributed by atoms with Crippen molar-refractivity contribution in [3.05, 3.63) is 64.8 Å². The molecule has 25 heavy (non-hydrogen) atoms. The maximum absolute atomic E-state index is 5.27. The normalized spacial score (nSPS) is 21.4. The van der Waals surface area contributed by atoms with E-state index in [2.05, 4.69) is 47.7 Å². The number of fused-ring (bicyclic) bond motifs is 5. The molecule has 5 rings (SSSR count). The Kier molecular flexibility index (Phi) is 3.14. The smallest absolute Gasteiger partial charge is 0.118 e. The third-order valence-electron chi connectivity index (χ3n) is 5.58. The molecule has 0 amide bonds. The Morgan fingerprint density at radius 3 is 2.76 bits per heavy atom. The van der Waals surface area contributed by atoms with Gasteiger partial charge in [-0.25, -0.2) is 0 Å². The van der Waals surface area contributed by atoms with Crippen LogP contribution < -0.4 is 10.2 Å². The first kappa shape index (κ1) is 14.6. The molecular weight excluding hydrogens is 310 g/mol. The largest absolute Gasteiger partial charge is 0.497 e. The summed E-state index contributed by atoms with van der Waals surface area (Å²) in [4.78, 5) is 3.61. The molecule has 2 aromatic carbocycles. The van der Waals surface area contributed by atoms with Crippen molar-refractivity contribution in [2.75, 3.05) is 7.11 Å². The first-order valence-electron chi connectivity index (χ1n) is 8.83. The van der Waals surface area contributed by atoms with E-state index in [-0.39, 0.29) is 6.04 Å². The zero-order valence-electron chi connectivity index (χ0n) is 14.5. The monoisotopic (exact) mass is 331 g/mol. The highest BCUT2D eigenvalue weighted by molar-refractivity contribution is 6.08. The van der Waals surface area contributed by atoms with Gasteiger partial charge in [0.2, 0.25) is 0 Å². The van der Waals surface area contributed by atoms with Crippen molar-refractivity contribution >= 4 is 16.6 Å². The summed E-state index contributed by atoms with van der Waals surface area (Å²) in [6.45, 7) is 2.15. The van der Waals surface area contributed by atoms with Crippen LogP contribution in [0.2, 0.25) is 0 Å². The van der Waals surface area contributed by atoms with Gasteiger partial charge in [-0.2, -0.15) is 5.10 Å². The van der Waals surface area contributed by atoms with Crippen LogP contribution in [0.5, 0.6) is 5.75 Å². The van der Waals surface area contributed by atoms with Crippen LogP contribution in [0.25, 0.3) is 10.9 Å². The second kappa shape index (κ2) is 5.38. The number of rotatable bonds is 2. The fraction of sp³-hybridized carbons (Fsp3) is 0.286. The van der Waals surface area contributed by atoms with Crippen LogP contribution in [0.3, 0.4) is 0 Å². The van der Waals surface area contributed by atoms with Crippen LogP contribution in [0.4, 0.5) is 0 Å². The van der Waals surface area contributed by atoms with Gasteiger partial charge in [-0.15, -0.1) is 0 Å². The quantitative estimate of drug-likeness (QED) is 0.743. The number of methoxy groups -OCH3 is 1. The molecule has 2 heterocycles. The fourth-order valence-electron chi connectivity index (χ4n) is 4.27. The van der Waals surface area contributed by atoms with Crippen LogP contribution in [0, 0.1) is 12.8 Å². The molecule has 1 aliphatic carbocycles. The highest BCUT2D eigenvalue weighted by Gasteiger charge is 2.38. The lowest BCUT2D eigenvalue weighted by molar-refractivity contribution is 0.413. The number of hydrogen-bond acceptors (Lipinski definition) is 3. The summed E-state index contributed by atoms with van der Waals surface area (Å²) in [5, 5.41) is 6.07. The predicted molar refractivity (Wildman–Crippen MR) is 100 cm³/mol. The van der Waals surface area contributed by atoms with Crippen LogP contribution in [-0.2, 0) is 6.42 Å². The van der Waals surface area contributed by atoms with Gasteiger partial charge in [0.15, 0.2) is 0 Å². The first-order valence-corrected chi connectivity index (χ1v) is 8.83. The van der Waals surface area contributed by atoms with E-state index in [0.717, 1.165) is 18.6 Å². The molecule has 0 bridgehead atoms. The van der Waals surface area contributed by atoms with E-state index >= 15 is 0 Å². The Labute approximate surface area is 146 Å². The van der Waals surface area contributed by atoms with Gasteiger partial charge in [0.05, 0.1) is 24.6 Å². The number of hydrogen-bond donors (Lipinski definition) is 2. The molecule has 2 atom stereocenters. The summed E-state index contributed by atoms with van der Waals surface area (Å²) >= 11 is 0. The van der Waals surface area contributed by atoms with Crippen LogP contribution in [0.15, 0.2) is 47.6 Å². The number of H-pyrrole nitrogens is 1. The summed E-state index contributed by atoms with van der Waals surface area (Å²) < 4.78 is 5.27. The zero-order valence-corrected chi connectivity index (χ0v) is 14.5. The van der Waals surface area contributed by atoms with E-state index in [1.807, 2.05) is 12.1 Å². The highest BCUT2D eigenvalue weighted by Crippen LogP contribution is 2.40. The Hall–Kier alpha value is -2.75. The second-order valence-corrected chi connectivity index (χ2v) is 7.05. The summed E-state index contributed by atoms with van der Waals surface area (Å²) in [5.41, 5.74) is 11.0. The van der Waals surface area contributed by atoms with Crippen molar-refractivity contribution in [2.24, 2.45) is 11.0 Å². The SMILES string of the molecule is COc1ccc([C@H]2NN=C3c4[nH]c5ccc(C)cc5c4CC[C@@H]32)cc1. The summed E-state index contributed by atoms with van der Waals surface area (Å²) in [7, 11) is 1.70. The second-order valence-electron chi connectivity index (χ2n) is 7.05.